The van der Waals surface area contributed by atoms with E-state index in [1.54, 1.807) is 0 Å². The predicted molar refractivity (Wildman–Crippen MR) is 65.9 cm³/mol. The summed E-state index contributed by atoms with van der Waals surface area (Å²) in [6.45, 7) is 5.06. The Bertz CT molecular complexity index is 308. The van der Waals surface area contributed by atoms with Crippen molar-refractivity contribution in [2.24, 2.45) is 11.7 Å². The Morgan fingerprint density at radius 2 is 2.12 bits per heavy atom. The zero-order valence-corrected chi connectivity index (χ0v) is 9.97. The summed E-state index contributed by atoms with van der Waals surface area (Å²) >= 11 is 0. The van der Waals surface area contributed by atoms with Crippen LogP contribution in [-0.2, 0) is 6.54 Å². The molecule has 1 heterocycles. The highest BCUT2D eigenvalue weighted by atomic mass is 15.2. The van der Waals surface area contributed by atoms with E-state index in [9.17, 15) is 0 Å². The van der Waals surface area contributed by atoms with Gasteiger partial charge in [-0.2, -0.15) is 0 Å². The van der Waals surface area contributed by atoms with E-state index >= 15 is 0 Å². The lowest BCUT2D eigenvalue weighted by molar-refractivity contribution is 0.181. The number of nitrogens with zero attached hydrogens (tertiary/aromatic N) is 2. The van der Waals surface area contributed by atoms with Crippen molar-refractivity contribution in [1.82, 2.24) is 9.88 Å². The van der Waals surface area contributed by atoms with Crippen LogP contribution in [0.25, 0.3) is 0 Å². The number of hydrogen-bond donors (Lipinski definition) is 1. The Labute approximate surface area is 97.7 Å². The third kappa shape index (κ3) is 2.80. The molecule has 1 aliphatic carbocycles. The second kappa shape index (κ2) is 5.41. The molecule has 0 radical (unpaired) electrons. The van der Waals surface area contributed by atoms with E-state index in [0.29, 0.717) is 6.04 Å². The van der Waals surface area contributed by atoms with Crippen LogP contribution in [0.2, 0.25) is 0 Å². The van der Waals surface area contributed by atoms with Crippen molar-refractivity contribution >= 4 is 0 Å². The van der Waals surface area contributed by atoms with Crippen molar-refractivity contribution in [2.45, 2.75) is 32.4 Å². The van der Waals surface area contributed by atoms with Crippen LogP contribution in [0.4, 0.5) is 0 Å². The molecule has 1 aliphatic rings. The maximum Gasteiger partial charge on any atom is 0.0271 e. The first-order valence-corrected chi connectivity index (χ1v) is 6.18. The van der Waals surface area contributed by atoms with E-state index in [1.807, 2.05) is 12.4 Å². The number of pyridine rings is 1. The van der Waals surface area contributed by atoms with Gasteiger partial charge in [-0.3, -0.25) is 9.88 Å². The van der Waals surface area contributed by atoms with Crippen LogP contribution in [0.3, 0.4) is 0 Å². The SMILES string of the molecule is CCN(Cc1ccncc1)C(CN)C1CC1. The van der Waals surface area contributed by atoms with Crippen molar-refractivity contribution in [1.29, 1.82) is 0 Å². The zero-order chi connectivity index (χ0) is 11.4. The maximum absolute atomic E-state index is 5.89. The molecule has 0 amide bonds. The second-order valence-electron chi connectivity index (χ2n) is 4.56. The summed E-state index contributed by atoms with van der Waals surface area (Å²) in [4.78, 5) is 6.54. The van der Waals surface area contributed by atoms with E-state index in [1.165, 1.54) is 18.4 Å². The van der Waals surface area contributed by atoms with Crippen molar-refractivity contribution in [3.8, 4) is 0 Å². The summed E-state index contributed by atoms with van der Waals surface area (Å²) in [7, 11) is 0. The van der Waals surface area contributed by atoms with Crippen LogP contribution < -0.4 is 5.73 Å². The van der Waals surface area contributed by atoms with Gasteiger partial charge in [0.15, 0.2) is 0 Å². The van der Waals surface area contributed by atoms with Crippen molar-refractivity contribution < 1.29 is 0 Å². The average molecular weight is 219 g/mol. The Balaban J connectivity index is 1.99. The lowest BCUT2D eigenvalue weighted by Crippen LogP contribution is -2.41. The van der Waals surface area contributed by atoms with Crippen LogP contribution in [0.15, 0.2) is 24.5 Å². The standard InChI is InChI=1S/C13H21N3/c1-2-16(13(9-14)12-3-4-12)10-11-5-7-15-8-6-11/h5-8,12-13H,2-4,9-10,14H2,1H3. The summed E-state index contributed by atoms with van der Waals surface area (Å²) in [5.41, 5.74) is 7.22. The number of hydrogen-bond acceptors (Lipinski definition) is 3. The van der Waals surface area contributed by atoms with Crippen LogP contribution in [0, 0.1) is 5.92 Å². The largest absolute Gasteiger partial charge is 0.329 e. The highest BCUT2D eigenvalue weighted by Crippen LogP contribution is 2.35. The Kier molecular flexibility index (Phi) is 3.91. The summed E-state index contributed by atoms with van der Waals surface area (Å²) in [5, 5.41) is 0. The minimum Gasteiger partial charge on any atom is -0.329 e. The highest BCUT2D eigenvalue weighted by molar-refractivity contribution is 5.10. The van der Waals surface area contributed by atoms with Gasteiger partial charge in [0.05, 0.1) is 0 Å². The van der Waals surface area contributed by atoms with E-state index in [2.05, 4.69) is 28.9 Å². The van der Waals surface area contributed by atoms with E-state index in [4.69, 9.17) is 5.73 Å². The quantitative estimate of drug-likeness (QED) is 0.791. The summed E-state index contributed by atoms with van der Waals surface area (Å²) in [6.07, 6.45) is 6.43. The molecular weight excluding hydrogens is 198 g/mol. The minimum atomic E-state index is 0.568. The molecule has 1 fully saturated rings. The van der Waals surface area contributed by atoms with Crippen LogP contribution in [0.5, 0.6) is 0 Å². The molecule has 0 aliphatic heterocycles. The van der Waals surface area contributed by atoms with E-state index in [0.717, 1.165) is 25.6 Å². The predicted octanol–water partition coefficient (Wildman–Crippen LogP) is 1.64. The summed E-state index contributed by atoms with van der Waals surface area (Å²) in [6, 6.07) is 4.74. The van der Waals surface area contributed by atoms with Gasteiger partial charge in [0.1, 0.15) is 0 Å². The zero-order valence-electron chi connectivity index (χ0n) is 9.97. The fraction of sp³-hybridized carbons (Fsp3) is 0.615. The second-order valence-corrected chi connectivity index (χ2v) is 4.56. The first kappa shape index (κ1) is 11.6. The number of likely N-dealkylation sites (N-methyl/N-ethyl adjacent to an activating group) is 1. The van der Waals surface area contributed by atoms with Crippen LogP contribution >= 0.6 is 0 Å². The topological polar surface area (TPSA) is 42.2 Å². The molecule has 0 spiro atoms. The van der Waals surface area contributed by atoms with Crippen LogP contribution in [-0.4, -0.2) is 29.0 Å². The molecule has 2 rings (SSSR count). The highest BCUT2D eigenvalue weighted by Gasteiger charge is 2.33. The third-order valence-electron chi connectivity index (χ3n) is 3.42. The normalized spacial score (nSPS) is 17.7. The van der Waals surface area contributed by atoms with Gasteiger partial charge >= 0.3 is 0 Å². The summed E-state index contributed by atoms with van der Waals surface area (Å²) < 4.78 is 0. The van der Waals surface area contributed by atoms with Gasteiger partial charge < -0.3 is 5.73 Å². The van der Waals surface area contributed by atoms with Gasteiger partial charge in [0, 0.05) is 31.5 Å². The molecule has 1 saturated carbocycles. The first-order valence-electron chi connectivity index (χ1n) is 6.18. The van der Waals surface area contributed by atoms with E-state index < -0.39 is 0 Å². The lowest BCUT2D eigenvalue weighted by atomic mass is 10.1. The monoisotopic (exact) mass is 219 g/mol. The van der Waals surface area contributed by atoms with E-state index in [-0.39, 0.29) is 0 Å². The van der Waals surface area contributed by atoms with Gasteiger partial charge in [-0.1, -0.05) is 6.92 Å². The molecule has 1 unspecified atom stereocenters. The number of aromatic nitrogens is 1. The number of nitrogens with two attached hydrogens (primary N) is 1. The lowest BCUT2D eigenvalue weighted by Gasteiger charge is -2.29. The third-order valence-corrected chi connectivity index (χ3v) is 3.42. The van der Waals surface area contributed by atoms with Gasteiger partial charge in [-0.05, 0) is 43.0 Å². The number of rotatable bonds is 6. The summed E-state index contributed by atoms with van der Waals surface area (Å²) in [5.74, 6) is 0.840. The Hall–Kier alpha value is -0.930. The molecule has 3 heteroatoms. The molecule has 0 saturated heterocycles. The maximum atomic E-state index is 5.89. The van der Waals surface area contributed by atoms with Gasteiger partial charge in [-0.25, -0.2) is 0 Å². The van der Waals surface area contributed by atoms with Crippen molar-refractivity contribution in [3.05, 3.63) is 30.1 Å². The van der Waals surface area contributed by atoms with Crippen LogP contribution in [0.1, 0.15) is 25.3 Å². The average Bonchev–Trinajstić information content (AvgIpc) is 3.14. The molecule has 1 aromatic rings. The van der Waals surface area contributed by atoms with Crippen molar-refractivity contribution in [3.63, 3.8) is 0 Å². The fourth-order valence-electron chi connectivity index (χ4n) is 2.31. The van der Waals surface area contributed by atoms with Gasteiger partial charge in [-0.15, -0.1) is 0 Å². The minimum absolute atomic E-state index is 0.568. The van der Waals surface area contributed by atoms with Gasteiger partial charge in [0.25, 0.3) is 0 Å². The Morgan fingerprint density at radius 3 is 2.62 bits per heavy atom. The van der Waals surface area contributed by atoms with Crippen molar-refractivity contribution in [2.75, 3.05) is 13.1 Å². The molecule has 2 N–H and O–H groups in total. The first-order chi connectivity index (χ1) is 7.85. The molecule has 1 atom stereocenters. The molecular formula is C13H21N3. The molecule has 16 heavy (non-hydrogen) atoms. The van der Waals surface area contributed by atoms with Gasteiger partial charge in [0.2, 0.25) is 0 Å². The Morgan fingerprint density at radius 1 is 1.44 bits per heavy atom. The fourth-order valence-corrected chi connectivity index (χ4v) is 2.31. The molecule has 1 aromatic heterocycles. The molecule has 88 valence electrons. The molecule has 0 bridgehead atoms. The molecule has 0 aromatic carbocycles. The smallest absolute Gasteiger partial charge is 0.0271 e. The molecule has 3 nitrogen and oxygen atoms in total.